The van der Waals surface area contributed by atoms with Crippen LogP contribution in [0.2, 0.25) is 0 Å². The van der Waals surface area contributed by atoms with Crippen LogP contribution in [0.3, 0.4) is 0 Å². The van der Waals surface area contributed by atoms with Crippen molar-refractivity contribution in [1.82, 2.24) is 5.32 Å². The van der Waals surface area contributed by atoms with Crippen LogP contribution in [0.5, 0.6) is 0 Å². The summed E-state index contributed by atoms with van der Waals surface area (Å²) in [4.78, 5) is 22.2. The minimum Gasteiger partial charge on any atom is -0.352 e. The van der Waals surface area contributed by atoms with Gasteiger partial charge < -0.3 is 5.32 Å². The van der Waals surface area contributed by atoms with E-state index in [9.17, 15) is 14.9 Å². The fraction of sp³-hybridized carbons (Fsp3) is 0.500. The number of hydrogen-bond donors (Lipinski definition) is 1. The molecule has 1 amide bonds. The lowest BCUT2D eigenvalue weighted by atomic mass is 10.1. The van der Waals surface area contributed by atoms with E-state index in [1.807, 2.05) is 0 Å². The molecule has 1 aromatic rings. The van der Waals surface area contributed by atoms with Gasteiger partial charge >= 0.3 is 0 Å². The average Bonchev–Trinajstić information content (AvgIpc) is 2.43. The molecule has 0 bridgehead atoms. The third-order valence-corrected chi connectivity index (χ3v) is 3.62. The van der Waals surface area contributed by atoms with Crippen molar-refractivity contribution in [2.45, 2.75) is 26.7 Å². The quantitative estimate of drug-likeness (QED) is 0.363. The van der Waals surface area contributed by atoms with Gasteiger partial charge in [0.1, 0.15) is 0 Å². The molecular formula is C14H19ClN2O3. The van der Waals surface area contributed by atoms with Crippen molar-refractivity contribution in [3.8, 4) is 0 Å². The first-order valence-electron chi connectivity index (χ1n) is 6.55. The predicted octanol–water partition coefficient (Wildman–Crippen LogP) is 3.29. The number of carbonyl (C=O) groups excluding carboxylic acids is 1. The van der Waals surface area contributed by atoms with Gasteiger partial charge in [0.2, 0.25) is 0 Å². The van der Waals surface area contributed by atoms with Gasteiger partial charge in [0.15, 0.2) is 0 Å². The number of nitro benzene ring substituents is 1. The highest BCUT2D eigenvalue weighted by atomic mass is 35.5. The normalized spacial score (nSPS) is 11.9. The van der Waals surface area contributed by atoms with Crippen molar-refractivity contribution in [2.75, 3.05) is 12.4 Å². The highest BCUT2D eigenvalue weighted by Crippen LogP contribution is 2.19. The van der Waals surface area contributed by atoms with Crippen LogP contribution >= 0.6 is 11.6 Å². The molecule has 0 heterocycles. The van der Waals surface area contributed by atoms with E-state index in [-0.39, 0.29) is 11.6 Å². The number of hydrogen-bond acceptors (Lipinski definition) is 3. The smallest absolute Gasteiger partial charge is 0.273 e. The number of nitro groups is 1. The summed E-state index contributed by atoms with van der Waals surface area (Å²) in [5, 5.41) is 13.6. The Kier molecular flexibility index (Phi) is 6.45. The van der Waals surface area contributed by atoms with Crippen LogP contribution in [0.1, 0.15) is 35.7 Å². The summed E-state index contributed by atoms with van der Waals surface area (Å²) in [6.45, 7) is 4.24. The Hall–Kier alpha value is -1.62. The Labute approximate surface area is 123 Å². The van der Waals surface area contributed by atoms with Crippen molar-refractivity contribution in [3.05, 3.63) is 39.4 Å². The van der Waals surface area contributed by atoms with Crippen molar-refractivity contribution in [2.24, 2.45) is 5.92 Å². The first-order valence-corrected chi connectivity index (χ1v) is 7.08. The van der Waals surface area contributed by atoms with Crippen LogP contribution in [0.4, 0.5) is 5.69 Å². The van der Waals surface area contributed by atoms with Gasteiger partial charge in [-0.3, -0.25) is 14.9 Å². The summed E-state index contributed by atoms with van der Waals surface area (Å²) in [7, 11) is 0. The summed E-state index contributed by atoms with van der Waals surface area (Å²) >= 11 is 5.70. The van der Waals surface area contributed by atoms with Crippen LogP contribution in [-0.2, 0) is 0 Å². The SMILES string of the molecule is Cc1ccc(C(=O)NCCCC(C)CCl)cc1[N+](=O)[O-]. The number of nitrogens with one attached hydrogen (secondary N) is 1. The minimum absolute atomic E-state index is 0.0339. The molecule has 1 N–H and O–H groups in total. The maximum atomic E-state index is 11.9. The maximum Gasteiger partial charge on any atom is 0.273 e. The molecule has 0 aromatic heterocycles. The fourth-order valence-corrected chi connectivity index (χ4v) is 1.93. The summed E-state index contributed by atoms with van der Waals surface area (Å²) in [6, 6.07) is 4.49. The Bertz CT molecular complexity index is 491. The van der Waals surface area contributed by atoms with E-state index in [2.05, 4.69) is 12.2 Å². The third kappa shape index (κ3) is 4.81. The maximum absolute atomic E-state index is 11.9. The van der Waals surface area contributed by atoms with E-state index in [0.717, 1.165) is 12.8 Å². The first kappa shape index (κ1) is 16.4. The minimum atomic E-state index is -0.478. The monoisotopic (exact) mass is 298 g/mol. The van der Waals surface area contributed by atoms with Crippen LogP contribution in [0.15, 0.2) is 18.2 Å². The third-order valence-electron chi connectivity index (χ3n) is 3.09. The lowest BCUT2D eigenvalue weighted by Gasteiger charge is -2.08. The molecule has 0 radical (unpaired) electrons. The number of aryl methyl sites for hydroxylation is 1. The molecular weight excluding hydrogens is 280 g/mol. The van der Waals surface area contributed by atoms with Crippen molar-refractivity contribution < 1.29 is 9.72 Å². The zero-order valence-electron chi connectivity index (χ0n) is 11.7. The Morgan fingerprint density at radius 2 is 2.20 bits per heavy atom. The molecule has 20 heavy (non-hydrogen) atoms. The second-order valence-corrected chi connectivity index (χ2v) is 5.22. The Balaban J connectivity index is 2.56. The standard InChI is InChI=1S/C14H19ClN2O3/c1-10(9-15)4-3-7-16-14(18)12-6-5-11(2)13(8-12)17(19)20/h5-6,8,10H,3-4,7,9H2,1-2H3,(H,16,18). The van der Waals surface area contributed by atoms with Gasteiger partial charge in [0, 0.05) is 29.6 Å². The fourth-order valence-electron chi connectivity index (χ4n) is 1.78. The zero-order chi connectivity index (χ0) is 15.1. The molecule has 1 unspecified atom stereocenters. The van der Waals surface area contributed by atoms with Gasteiger partial charge in [-0.15, -0.1) is 11.6 Å². The number of nitrogens with zero attached hydrogens (tertiary/aromatic N) is 1. The first-order chi connectivity index (χ1) is 9.45. The zero-order valence-corrected chi connectivity index (χ0v) is 12.4. The highest BCUT2D eigenvalue weighted by molar-refractivity contribution is 6.18. The van der Waals surface area contributed by atoms with Crippen molar-refractivity contribution in [1.29, 1.82) is 0 Å². The molecule has 0 aliphatic carbocycles. The van der Waals surface area contributed by atoms with Crippen molar-refractivity contribution in [3.63, 3.8) is 0 Å². The van der Waals surface area contributed by atoms with E-state index in [1.165, 1.54) is 6.07 Å². The number of alkyl halides is 1. The predicted molar refractivity (Wildman–Crippen MR) is 79.3 cm³/mol. The Morgan fingerprint density at radius 1 is 1.50 bits per heavy atom. The van der Waals surface area contributed by atoms with E-state index in [4.69, 9.17) is 11.6 Å². The van der Waals surface area contributed by atoms with E-state index < -0.39 is 4.92 Å². The molecule has 0 aliphatic heterocycles. The summed E-state index contributed by atoms with van der Waals surface area (Å²) in [5.74, 6) is 0.749. The summed E-state index contributed by atoms with van der Waals surface area (Å²) in [6.07, 6.45) is 1.78. The van der Waals surface area contributed by atoms with E-state index >= 15 is 0 Å². The van der Waals surface area contributed by atoms with Gasteiger partial charge in [-0.05, 0) is 31.7 Å². The molecule has 1 rings (SSSR count). The molecule has 5 nitrogen and oxygen atoms in total. The molecule has 0 spiro atoms. The molecule has 6 heteroatoms. The number of rotatable bonds is 7. The van der Waals surface area contributed by atoms with Gasteiger partial charge in [-0.25, -0.2) is 0 Å². The van der Waals surface area contributed by atoms with E-state index in [0.29, 0.717) is 29.5 Å². The van der Waals surface area contributed by atoms with Crippen LogP contribution in [0.25, 0.3) is 0 Å². The second-order valence-electron chi connectivity index (χ2n) is 4.92. The molecule has 110 valence electrons. The largest absolute Gasteiger partial charge is 0.352 e. The summed E-state index contributed by atoms with van der Waals surface area (Å²) in [5.41, 5.74) is 0.823. The molecule has 0 aliphatic rings. The Morgan fingerprint density at radius 3 is 2.80 bits per heavy atom. The number of amides is 1. The van der Waals surface area contributed by atoms with Gasteiger partial charge in [0.05, 0.1) is 4.92 Å². The average molecular weight is 299 g/mol. The van der Waals surface area contributed by atoms with Gasteiger partial charge in [-0.1, -0.05) is 13.0 Å². The van der Waals surface area contributed by atoms with Crippen molar-refractivity contribution >= 4 is 23.2 Å². The molecule has 0 saturated carbocycles. The topological polar surface area (TPSA) is 72.2 Å². The molecule has 1 aromatic carbocycles. The number of halogens is 1. The molecule has 0 saturated heterocycles. The molecule has 0 fully saturated rings. The number of carbonyl (C=O) groups is 1. The second kappa shape index (κ2) is 7.85. The van der Waals surface area contributed by atoms with E-state index in [1.54, 1.807) is 19.1 Å². The molecule has 1 atom stereocenters. The van der Waals surface area contributed by atoms with Crippen LogP contribution in [-0.4, -0.2) is 23.3 Å². The van der Waals surface area contributed by atoms with Crippen LogP contribution < -0.4 is 5.32 Å². The van der Waals surface area contributed by atoms with Crippen LogP contribution in [0, 0.1) is 23.0 Å². The van der Waals surface area contributed by atoms with Gasteiger partial charge in [0.25, 0.3) is 11.6 Å². The summed E-state index contributed by atoms with van der Waals surface area (Å²) < 4.78 is 0. The lowest BCUT2D eigenvalue weighted by Crippen LogP contribution is -2.24. The van der Waals surface area contributed by atoms with Gasteiger partial charge in [-0.2, -0.15) is 0 Å². The number of benzene rings is 1. The highest BCUT2D eigenvalue weighted by Gasteiger charge is 2.14. The lowest BCUT2D eigenvalue weighted by molar-refractivity contribution is -0.385.